The number of hydrogen-bond acceptors (Lipinski definition) is 8. The molecule has 1 fully saturated rings. The predicted octanol–water partition coefficient (Wildman–Crippen LogP) is 1.11. The second-order valence-electron chi connectivity index (χ2n) is 9.67. The number of Topliss-reactive ketones (excluding diaryl/α,β-unsaturated/α-hetero) is 1. The van der Waals surface area contributed by atoms with Gasteiger partial charge in [-0.1, -0.05) is 17.7 Å². The number of benzene rings is 1. The minimum Gasteiger partial charge on any atom is -0.408 e. The van der Waals surface area contributed by atoms with Crippen LogP contribution in [0.4, 0.5) is 5.95 Å². The van der Waals surface area contributed by atoms with Crippen molar-refractivity contribution in [3.63, 3.8) is 0 Å². The third-order valence-corrected chi connectivity index (χ3v) is 6.69. The number of fused-ring (bicyclic) bond motifs is 2. The van der Waals surface area contributed by atoms with Gasteiger partial charge >= 0.3 is 11.4 Å². The Morgan fingerprint density at radius 2 is 2.03 bits per heavy atom. The van der Waals surface area contributed by atoms with Crippen LogP contribution in [0.2, 0.25) is 0 Å². The number of carbonyl (C=O) groups is 1. The van der Waals surface area contributed by atoms with Crippen molar-refractivity contribution < 1.29 is 9.21 Å². The van der Waals surface area contributed by atoms with E-state index in [0.29, 0.717) is 19.0 Å². The Bertz CT molecular complexity index is 1730. The van der Waals surface area contributed by atoms with E-state index in [1.54, 1.807) is 16.7 Å². The highest BCUT2D eigenvalue weighted by Gasteiger charge is 2.27. The lowest BCUT2D eigenvalue weighted by molar-refractivity contribution is 0.0970. The molecule has 37 heavy (non-hydrogen) atoms. The van der Waals surface area contributed by atoms with Crippen LogP contribution in [-0.2, 0) is 20.1 Å². The summed E-state index contributed by atoms with van der Waals surface area (Å²) in [5.74, 6) is -0.642. The maximum absolute atomic E-state index is 13.8. The van der Waals surface area contributed by atoms with Crippen molar-refractivity contribution in [2.24, 2.45) is 12.8 Å². The number of imidazole rings is 1. The largest absolute Gasteiger partial charge is 0.417 e. The van der Waals surface area contributed by atoms with E-state index in [9.17, 15) is 19.2 Å². The van der Waals surface area contributed by atoms with E-state index in [1.165, 1.54) is 17.7 Å². The number of piperidine rings is 1. The molecule has 12 nitrogen and oxygen atoms in total. The maximum Gasteiger partial charge on any atom is 0.417 e. The molecule has 0 bridgehead atoms. The highest BCUT2D eigenvalue weighted by Crippen LogP contribution is 2.23. The molecule has 3 aromatic heterocycles. The second-order valence-corrected chi connectivity index (χ2v) is 9.67. The number of carbonyl (C=O) groups excluding carboxylic acids is 1. The molecular formula is C25H29N7O5. The van der Waals surface area contributed by atoms with Crippen molar-refractivity contribution in [3.05, 3.63) is 66.8 Å². The zero-order chi connectivity index (χ0) is 26.4. The highest BCUT2D eigenvalue weighted by molar-refractivity contribution is 6.05. The smallest absolute Gasteiger partial charge is 0.408 e. The van der Waals surface area contributed by atoms with Crippen LogP contribution in [-0.4, -0.2) is 48.6 Å². The number of ketones is 1. The number of rotatable bonds is 6. The van der Waals surface area contributed by atoms with E-state index in [-0.39, 0.29) is 33.9 Å². The van der Waals surface area contributed by atoms with Crippen LogP contribution < -0.4 is 27.6 Å². The number of nitrogens with zero attached hydrogens (tertiary/aromatic N) is 5. The number of anilines is 1. The standard InChI is InChI=1S/C25H29N7O5/c1-14(2)9-11-31-20-21(28-23(31)30-10-5-6-15(26)12-30)29(3)25(36)32(22(20)34)13-17(33)16-7-4-8-18-19(16)27-24(35)37-18/h4,7-9,15H,5-6,10-13,26H2,1-3H3,(H,27,35). The van der Waals surface area contributed by atoms with E-state index < -0.39 is 29.3 Å². The fraction of sp³-hybridized carbons (Fsp3) is 0.400. The topological polar surface area (TPSA) is 154 Å². The third kappa shape index (κ3) is 4.33. The molecule has 0 radical (unpaired) electrons. The molecule has 1 aromatic carbocycles. The van der Waals surface area contributed by atoms with E-state index in [1.807, 2.05) is 24.8 Å². The van der Waals surface area contributed by atoms with Crippen molar-refractivity contribution in [2.45, 2.75) is 45.8 Å². The molecule has 1 aliphatic rings. The summed E-state index contributed by atoms with van der Waals surface area (Å²) in [6, 6.07) is 4.62. The number of aryl methyl sites for hydroxylation is 1. The van der Waals surface area contributed by atoms with Crippen molar-refractivity contribution >= 4 is 34.0 Å². The van der Waals surface area contributed by atoms with E-state index in [4.69, 9.17) is 15.1 Å². The minimum absolute atomic E-state index is 0.0133. The molecule has 5 rings (SSSR count). The van der Waals surface area contributed by atoms with Gasteiger partial charge in [-0.25, -0.2) is 9.59 Å². The summed E-state index contributed by atoms with van der Waals surface area (Å²) in [5.41, 5.74) is 7.07. The Labute approximate surface area is 210 Å². The van der Waals surface area contributed by atoms with Crippen LogP contribution in [0, 0.1) is 0 Å². The van der Waals surface area contributed by atoms with Crippen molar-refractivity contribution in [2.75, 3.05) is 18.0 Å². The summed E-state index contributed by atoms with van der Waals surface area (Å²) in [6.07, 6.45) is 3.78. The zero-order valence-electron chi connectivity index (χ0n) is 21.0. The molecule has 0 saturated carbocycles. The number of allylic oxidation sites excluding steroid dienone is 2. The number of aromatic nitrogens is 5. The van der Waals surface area contributed by atoms with Gasteiger partial charge in [-0.05, 0) is 38.8 Å². The summed E-state index contributed by atoms with van der Waals surface area (Å²) in [4.78, 5) is 61.2. The number of nitrogens with two attached hydrogens (primary N) is 1. The fourth-order valence-corrected chi connectivity index (χ4v) is 4.81. The highest BCUT2D eigenvalue weighted by atomic mass is 16.4. The molecule has 3 N–H and O–H groups in total. The monoisotopic (exact) mass is 507 g/mol. The molecule has 0 aliphatic carbocycles. The molecule has 1 unspecified atom stereocenters. The van der Waals surface area contributed by atoms with Crippen LogP contribution in [0.15, 0.2) is 48.6 Å². The molecule has 4 aromatic rings. The van der Waals surface area contributed by atoms with Gasteiger partial charge in [-0.2, -0.15) is 4.98 Å². The van der Waals surface area contributed by atoms with Gasteiger partial charge in [-0.3, -0.25) is 23.7 Å². The number of oxazole rings is 1. The van der Waals surface area contributed by atoms with Gasteiger partial charge < -0.3 is 19.6 Å². The van der Waals surface area contributed by atoms with Crippen LogP contribution in [0.1, 0.15) is 37.0 Å². The molecule has 12 heteroatoms. The van der Waals surface area contributed by atoms with Crippen molar-refractivity contribution in [1.29, 1.82) is 0 Å². The van der Waals surface area contributed by atoms with Gasteiger partial charge in [0.1, 0.15) is 0 Å². The normalized spacial score (nSPS) is 16.0. The lowest BCUT2D eigenvalue weighted by Gasteiger charge is -2.31. The summed E-state index contributed by atoms with van der Waals surface area (Å²) in [7, 11) is 1.53. The lowest BCUT2D eigenvalue weighted by Crippen LogP contribution is -2.44. The SMILES string of the molecule is CC(C)=CCn1c(N2CCCC(N)C2)nc2c1c(=O)n(CC(=O)c1cccc3oc(=O)[nH]c13)c(=O)n2C. The average molecular weight is 508 g/mol. The summed E-state index contributed by atoms with van der Waals surface area (Å²) < 4.78 is 9.02. The third-order valence-electron chi connectivity index (χ3n) is 6.69. The predicted molar refractivity (Wildman–Crippen MR) is 139 cm³/mol. The van der Waals surface area contributed by atoms with Crippen molar-refractivity contribution in [1.82, 2.24) is 23.7 Å². The molecule has 0 spiro atoms. The summed E-state index contributed by atoms with van der Waals surface area (Å²) in [5, 5.41) is 0. The molecule has 4 heterocycles. The summed E-state index contributed by atoms with van der Waals surface area (Å²) >= 11 is 0. The molecule has 1 saturated heterocycles. The van der Waals surface area contributed by atoms with Crippen LogP contribution in [0.5, 0.6) is 0 Å². The molecule has 0 amide bonds. The Morgan fingerprint density at radius 3 is 2.76 bits per heavy atom. The van der Waals surface area contributed by atoms with Gasteiger partial charge in [0.2, 0.25) is 5.95 Å². The van der Waals surface area contributed by atoms with E-state index in [0.717, 1.165) is 29.5 Å². The first kappa shape index (κ1) is 24.5. The number of hydrogen-bond donors (Lipinski definition) is 2. The van der Waals surface area contributed by atoms with E-state index in [2.05, 4.69) is 4.98 Å². The first-order valence-electron chi connectivity index (χ1n) is 12.1. The maximum atomic E-state index is 13.8. The van der Waals surface area contributed by atoms with Gasteiger partial charge in [0.15, 0.2) is 22.5 Å². The Hall–Kier alpha value is -4.19. The average Bonchev–Trinajstić information content (AvgIpc) is 3.43. The van der Waals surface area contributed by atoms with Gasteiger partial charge in [-0.15, -0.1) is 0 Å². The Balaban J connectivity index is 1.66. The number of aromatic amines is 1. The lowest BCUT2D eigenvalue weighted by atomic mass is 10.1. The van der Waals surface area contributed by atoms with Crippen LogP contribution in [0.25, 0.3) is 22.3 Å². The minimum atomic E-state index is -0.696. The molecular weight excluding hydrogens is 478 g/mol. The number of H-pyrrole nitrogens is 1. The number of para-hydroxylation sites is 1. The van der Waals surface area contributed by atoms with Gasteiger partial charge in [0.25, 0.3) is 5.56 Å². The molecule has 194 valence electrons. The zero-order valence-corrected chi connectivity index (χ0v) is 21.0. The summed E-state index contributed by atoms with van der Waals surface area (Å²) in [6.45, 7) is 5.11. The molecule has 1 atom stereocenters. The van der Waals surface area contributed by atoms with Crippen LogP contribution in [0.3, 0.4) is 0 Å². The second kappa shape index (κ2) is 9.36. The fourth-order valence-electron chi connectivity index (χ4n) is 4.81. The van der Waals surface area contributed by atoms with Crippen LogP contribution >= 0.6 is 0 Å². The van der Waals surface area contributed by atoms with Crippen molar-refractivity contribution in [3.8, 4) is 0 Å². The Morgan fingerprint density at radius 1 is 1.24 bits per heavy atom. The first-order chi connectivity index (χ1) is 17.7. The quantitative estimate of drug-likeness (QED) is 0.291. The van der Waals surface area contributed by atoms with Gasteiger partial charge in [0.05, 0.1) is 12.1 Å². The van der Waals surface area contributed by atoms with E-state index >= 15 is 0 Å². The van der Waals surface area contributed by atoms with Gasteiger partial charge in [0, 0.05) is 38.3 Å². The number of nitrogens with one attached hydrogen (secondary N) is 1. The molecule has 1 aliphatic heterocycles. The Kier molecular flexibility index (Phi) is 6.20. The first-order valence-corrected chi connectivity index (χ1v) is 12.1.